The summed E-state index contributed by atoms with van der Waals surface area (Å²) in [5.74, 6) is 0.00605. The van der Waals surface area contributed by atoms with Gasteiger partial charge in [0.2, 0.25) is 0 Å². The zero-order valence-corrected chi connectivity index (χ0v) is 9.17. The molecule has 0 aromatic carbocycles. The van der Waals surface area contributed by atoms with Crippen LogP contribution in [0.25, 0.3) is 0 Å². The van der Waals surface area contributed by atoms with Gasteiger partial charge in [-0.05, 0) is 5.92 Å². The Kier molecular flexibility index (Phi) is 2.80. The van der Waals surface area contributed by atoms with Crippen molar-refractivity contribution in [3.05, 3.63) is 18.0 Å². The third-order valence-corrected chi connectivity index (χ3v) is 2.93. The molecule has 1 rings (SSSR count). The molecule has 1 aromatic rings. The third-order valence-electron chi connectivity index (χ3n) is 1.85. The van der Waals surface area contributed by atoms with Crippen LogP contribution in [-0.4, -0.2) is 24.8 Å². The molecule has 0 radical (unpaired) electrons. The van der Waals surface area contributed by atoms with E-state index in [-0.39, 0.29) is 16.6 Å². The maximum Gasteiger partial charge on any atom is 0.177 e. The summed E-state index contributed by atoms with van der Waals surface area (Å²) in [6.45, 7) is 3.75. The molecule has 1 heterocycles. The lowest BCUT2D eigenvalue weighted by molar-refractivity contribution is 0.457. The summed E-state index contributed by atoms with van der Waals surface area (Å²) in [7, 11) is -3.29. The number of hydrogen-bond donors (Lipinski definition) is 1. The van der Waals surface area contributed by atoms with Crippen LogP contribution in [-0.2, 0) is 9.84 Å². The van der Waals surface area contributed by atoms with Crippen LogP contribution in [0.1, 0.15) is 25.5 Å². The SMILES string of the molecule is CC(C)c1ncc(S(C)(=O)=O)cc1O. The van der Waals surface area contributed by atoms with Crippen molar-refractivity contribution < 1.29 is 13.5 Å². The summed E-state index contributed by atoms with van der Waals surface area (Å²) in [4.78, 5) is 3.96. The monoisotopic (exact) mass is 215 g/mol. The number of aromatic nitrogens is 1. The van der Waals surface area contributed by atoms with Gasteiger partial charge in [0.1, 0.15) is 5.75 Å². The van der Waals surface area contributed by atoms with Crippen LogP contribution in [0.5, 0.6) is 5.75 Å². The first-order chi connectivity index (χ1) is 6.32. The van der Waals surface area contributed by atoms with Crippen LogP contribution >= 0.6 is 0 Å². The van der Waals surface area contributed by atoms with E-state index < -0.39 is 9.84 Å². The molecule has 0 atom stereocenters. The average Bonchev–Trinajstić information content (AvgIpc) is 2.01. The fourth-order valence-electron chi connectivity index (χ4n) is 1.09. The van der Waals surface area contributed by atoms with Crippen LogP contribution in [0.15, 0.2) is 17.2 Å². The highest BCUT2D eigenvalue weighted by molar-refractivity contribution is 7.90. The molecule has 0 saturated carbocycles. The number of rotatable bonds is 2. The van der Waals surface area contributed by atoms with E-state index in [4.69, 9.17) is 0 Å². The van der Waals surface area contributed by atoms with Gasteiger partial charge in [-0.3, -0.25) is 4.98 Å². The van der Waals surface area contributed by atoms with Gasteiger partial charge in [0.05, 0.1) is 10.6 Å². The molecule has 78 valence electrons. The molecule has 5 heteroatoms. The third kappa shape index (κ3) is 2.23. The molecule has 0 spiro atoms. The molecule has 14 heavy (non-hydrogen) atoms. The van der Waals surface area contributed by atoms with E-state index in [9.17, 15) is 13.5 Å². The Hall–Kier alpha value is -1.10. The van der Waals surface area contributed by atoms with Gasteiger partial charge in [0.15, 0.2) is 9.84 Å². The van der Waals surface area contributed by atoms with Crippen LogP contribution in [0.2, 0.25) is 0 Å². The van der Waals surface area contributed by atoms with E-state index in [0.29, 0.717) is 5.69 Å². The first-order valence-electron chi connectivity index (χ1n) is 4.21. The molecule has 0 fully saturated rings. The van der Waals surface area contributed by atoms with Crippen molar-refractivity contribution in [3.63, 3.8) is 0 Å². The lowest BCUT2D eigenvalue weighted by Crippen LogP contribution is -2.00. The maximum absolute atomic E-state index is 11.1. The summed E-state index contributed by atoms with van der Waals surface area (Å²) >= 11 is 0. The minimum atomic E-state index is -3.29. The van der Waals surface area contributed by atoms with Crippen LogP contribution in [0.4, 0.5) is 0 Å². The highest BCUT2D eigenvalue weighted by Gasteiger charge is 2.13. The molecule has 0 saturated heterocycles. The Bertz CT molecular complexity index is 437. The standard InChI is InChI=1S/C9H13NO3S/c1-6(2)9-8(11)4-7(5-10-9)14(3,12)13/h4-6,11H,1-3H3. The van der Waals surface area contributed by atoms with E-state index in [1.165, 1.54) is 12.3 Å². The van der Waals surface area contributed by atoms with Gasteiger partial charge in [-0.25, -0.2) is 8.42 Å². The molecule has 1 N–H and O–H groups in total. The number of nitrogens with zero attached hydrogens (tertiary/aromatic N) is 1. The topological polar surface area (TPSA) is 67.3 Å². The van der Waals surface area contributed by atoms with Crippen LogP contribution in [0, 0.1) is 0 Å². The van der Waals surface area contributed by atoms with Crippen LogP contribution < -0.4 is 0 Å². The minimum absolute atomic E-state index is 0.0411. The Morgan fingerprint density at radius 2 is 2.00 bits per heavy atom. The summed E-state index contributed by atoms with van der Waals surface area (Å²) < 4.78 is 22.2. The fraction of sp³-hybridized carbons (Fsp3) is 0.444. The number of pyridine rings is 1. The van der Waals surface area contributed by atoms with E-state index in [2.05, 4.69) is 4.98 Å². The Morgan fingerprint density at radius 3 is 2.36 bits per heavy atom. The molecule has 1 aromatic heterocycles. The molecule has 0 aliphatic rings. The van der Waals surface area contributed by atoms with Crippen LogP contribution in [0.3, 0.4) is 0 Å². The van der Waals surface area contributed by atoms with E-state index in [1.54, 1.807) is 0 Å². The summed E-state index contributed by atoms with van der Waals surface area (Å²) in [6, 6.07) is 1.23. The summed E-state index contributed by atoms with van der Waals surface area (Å²) in [6.07, 6.45) is 2.35. The highest BCUT2D eigenvalue weighted by Crippen LogP contribution is 2.25. The first kappa shape index (κ1) is 11.0. The van der Waals surface area contributed by atoms with E-state index in [1.807, 2.05) is 13.8 Å². The molecular weight excluding hydrogens is 202 g/mol. The lowest BCUT2D eigenvalue weighted by atomic mass is 10.1. The van der Waals surface area contributed by atoms with Crippen molar-refractivity contribution in [1.82, 2.24) is 4.98 Å². The van der Waals surface area contributed by atoms with Gasteiger partial charge in [-0.15, -0.1) is 0 Å². The smallest absolute Gasteiger partial charge is 0.177 e. The van der Waals surface area contributed by atoms with Gasteiger partial charge >= 0.3 is 0 Å². The second kappa shape index (κ2) is 3.57. The molecule has 0 aliphatic carbocycles. The molecule has 4 nitrogen and oxygen atoms in total. The molecule has 0 amide bonds. The van der Waals surface area contributed by atoms with Gasteiger partial charge < -0.3 is 5.11 Å². The normalized spacial score (nSPS) is 12.0. The highest BCUT2D eigenvalue weighted by atomic mass is 32.2. The molecule has 0 bridgehead atoms. The summed E-state index contributed by atoms with van der Waals surface area (Å²) in [5.41, 5.74) is 0.511. The maximum atomic E-state index is 11.1. The Labute approximate surface area is 83.5 Å². The van der Waals surface area contributed by atoms with Crippen molar-refractivity contribution in [2.45, 2.75) is 24.7 Å². The van der Waals surface area contributed by atoms with Gasteiger partial charge in [-0.1, -0.05) is 13.8 Å². The van der Waals surface area contributed by atoms with Gasteiger partial charge in [-0.2, -0.15) is 0 Å². The average molecular weight is 215 g/mol. The molecule has 0 unspecified atom stereocenters. The second-order valence-corrected chi connectivity index (χ2v) is 5.52. The van der Waals surface area contributed by atoms with Crippen molar-refractivity contribution in [2.75, 3.05) is 6.26 Å². The predicted molar refractivity (Wildman–Crippen MR) is 53.1 cm³/mol. The zero-order chi connectivity index (χ0) is 10.9. The summed E-state index contributed by atoms with van der Waals surface area (Å²) in [5, 5.41) is 9.50. The van der Waals surface area contributed by atoms with Crippen molar-refractivity contribution in [2.24, 2.45) is 0 Å². The van der Waals surface area contributed by atoms with Crippen molar-refractivity contribution in [1.29, 1.82) is 0 Å². The molecular formula is C9H13NO3S. The predicted octanol–water partition coefficient (Wildman–Crippen LogP) is 1.31. The van der Waals surface area contributed by atoms with E-state index >= 15 is 0 Å². The first-order valence-corrected chi connectivity index (χ1v) is 6.10. The lowest BCUT2D eigenvalue weighted by Gasteiger charge is -2.07. The number of hydrogen-bond acceptors (Lipinski definition) is 4. The van der Waals surface area contributed by atoms with Gasteiger partial charge in [0, 0.05) is 18.5 Å². The second-order valence-electron chi connectivity index (χ2n) is 3.50. The Balaban J connectivity index is 3.27. The van der Waals surface area contributed by atoms with E-state index in [0.717, 1.165) is 6.26 Å². The van der Waals surface area contributed by atoms with Crippen molar-refractivity contribution in [3.8, 4) is 5.75 Å². The largest absolute Gasteiger partial charge is 0.506 e. The quantitative estimate of drug-likeness (QED) is 0.807. The number of aromatic hydroxyl groups is 1. The van der Waals surface area contributed by atoms with Gasteiger partial charge in [0.25, 0.3) is 0 Å². The minimum Gasteiger partial charge on any atom is -0.506 e. The van der Waals surface area contributed by atoms with Crippen molar-refractivity contribution >= 4 is 9.84 Å². The number of sulfone groups is 1. The fourth-order valence-corrected chi connectivity index (χ4v) is 1.66. The Morgan fingerprint density at radius 1 is 1.43 bits per heavy atom. The molecule has 0 aliphatic heterocycles. The zero-order valence-electron chi connectivity index (χ0n) is 8.35.